The molecule has 1 saturated heterocycles. The minimum absolute atomic E-state index is 0.248. The van der Waals surface area contributed by atoms with Gasteiger partial charge < -0.3 is 24.0 Å². The van der Waals surface area contributed by atoms with Gasteiger partial charge in [-0.1, -0.05) is 0 Å². The number of hydrogen-bond acceptors (Lipinski definition) is 10. The summed E-state index contributed by atoms with van der Waals surface area (Å²) in [4.78, 5) is 27.1. The van der Waals surface area contributed by atoms with Gasteiger partial charge in [-0.05, 0) is 18.6 Å². The highest BCUT2D eigenvalue weighted by Gasteiger charge is 2.30. The first-order valence-electron chi connectivity index (χ1n) is 10.1. The van der Waals surface area contributed by atoms with Crippen LogP contribution < -0.4 is 19.3 Å². The Bertz CT molecular complexity index is 1070. The summed E-state index contributed by atoms with van der Waals surface area (Å²) in [7, 11) is 3.11. The smallest absolute Gasteiger partial charge is 0.319 e. The number of fused-ring (bicyclic) bond motifs is 1. The molecular formula is C21H23N7O3. The number of pyridine rings is 1. The van der Waals surface area contributed by atoms with Gasteiger partial charge in [0.05, 0.1) is 38.7 Å². The molecule has 0 radical (unpaired) electrons. The second kappa shape index (κ2) is 8.31. The van der Waals surface area contributed by atoms with Gasteiger partial charge in [0.15, 0.2) is 0 Å². The van der Waals surface area contributed by atoms with Gasteiger partial charge >= 0.3 is 6.01 Å². The van der Waals surface area contributed by atoms with E-state index in [1.54, 1.807) is 25.7 Å². The molecule has 0 N–H and O–H groups in total. The summed E-state index contributed by atoms with van der Waals surface area (Å²) in [6.07, 6.45) is 6.08. The van der Waals surface area contributed by atoms with E-state index < -0.39 is 0 Å². The zero-order valence-corrected chi connectivity index (χ0v) is 17.5. The van der Waals surface area contributed by atoms with Crippen LogP contribution in [0, 0.1) is 0 Å². The third-order valence-corrected chi connectivity index (χ3v) is 5.45. The third kappa shape index (κ3) is 3.59. The van der Waals surface area contributed by atoms with Gasteiger partial charge in [-0.3, -0.25) is 4.98 Å². The number of anilines is 3. The average Bonchev–Trinajstić information content (AvgIpc) is 3.28. The van der Waals surface area contributed by atoms with Crippen LogP contribution in [0.1, 0.15) is 5.56 Å². The summed E-state index contributed by atoms with van der Waals surface area (Å²) in [6.45, 7) is 3.58. The Labute approximate surface area is 179 Å². The summed E-state index contributed by atoms with van der Waals surface area (Å²) < 4.78 is 16.2. The van der Waals surface area contributed by atoms with Gasteiger partial charge in [-0.15, -0.1) is 0 Å². The molecule has 31 heavy (non-hydrogen) atoms. The van der Waals surface area contributed by atoms with Crippen LogP contribution in [0.3, 0.4) is 0 Å². The van der Waals surface area contributed by atoms with E-state index in [2.05, 4.69) is 24.8 Å². The first kappa shape index (κ1) is 19.4. The lowest BCUT2D eigenvalue weighted by Crippen LogP contribution is -2.37. The second-order valence-corrected chi connectivity index (χ2v) is 7.16. The van der Waals surface area contributed by atoms with Crippen LogP contribution in [0.4, 0.5) is 17.5 Å². The van der Waals surface area contributed by atoms with Crippen molar-refractivity contribution in [1.29, 1.82) is 0 Å². The fourth-order valence-electron chi connectivity index (χ4n) is 3.91. The molecule has 10 nitrogen and oxygen atoms in total. The van der Waals surface area contributed by atoms with E-state index in [1.165, 1.54) is 7.11 Å². The van der Waals surface area contributed by atoms with Crippen LogP contribution >= 0.6 is 0 Å². The molecule has 0 unspecified atom stereocenters. The fraction of sp³-hybridized carbons (Fsp3) is 0.381. The molecule has 0 bridgehead atoms. The van der Waals surface area contributed by atoms with Crippen molar-refractivity contribution in [3.8, 4) is 23.1 Å². The van der Waals surface area contributed by atoms with Crippen LogP contribution in [-0.4, -0.2) is 72.0 Å². The molecule has 10 heteroatoms. The van der Waals surface area contributed by atoms with E-state index in [4.69, 9.17) is 24.2 Å². The first-order valence-corrected chi connectivity index (χ1v) is 10.1. The maximum Gasteiger partial charge on any atom is 0.319 e. The van der Waals surface area contributed by atoms with E-state index >= 15 is 0 Å². The van der Waals surface area contributed by atoms with Crippen LogP contribution in [0.15, 0.2) is 30.7 Å². The number of hydrogen-bond donors (Lipinski definition) is 0. The number of methoxy groups -OCH3 is 2. The number of rotatable bonds is 5. The Hall–Kier alpha value is -3.53. The Morgan fingerprint density at radius 2 is 1.77 bits per heavy atom. The van der Waals surface area contributed by atoms with Gasteiger partial charge in [0.1, 0.15) is 5.82 Å². The summed E-state index contributed by atoms with van der Waals surface area (Å²) in [5, 5.41) is 0. The molecule has 0 atom stereocenters. The van der Waals surface area contributed by atoms with Crippen molar-refractivity contribution < 1.29 is 14.2 Å². The maximum absolute atomic E-state index is 5.55. The van der Waals surface area contributed by atoms with E-state index in [0.29, 0.717) is 30.6 Å². The highest BCUT2D eigenvalue weighted by molar-refractivity contribution is 5.78. The normalized spacial score (nSPS) is 15.7. The van der Waals surface area contributed by atoms with Crippen molar-refractivity contribution >= 4 is 17.5 Å². The Kier molecular flexibility index (Phi) is 5.21. The van der Waals surface area contributed by atoms with Gasteiger partial charge in [0.25, 0.3) is 0 Å². The SMILES string of the molecule is COc1ncc(-c2nc(N3CCOCC3)nc3c2CCN3c2ccncc2)c(OC)n1. The molecular weight excluding hydrogens is 398 g/mol. The van der Waals surface area contributed by atoms with Gasteiger partial charge in [-0.25, -0.2) is 9.97 Å². The highest BCUT2D eigenvalue weighted by atomic mass is 16.5. The molecule has 3 aromatic heterocycles. The molecule has 5 rings (SSSR count). The molecule has 3 aromatic rings. The standard InChI is InChI=1S/C21H23N7O3/c1-29-19-16(13-23-21(26-19)30-2)17-15-5-8-28(14-3-6-22-7-4-14)18(15)25-20(24-17)27-9-11-31-12-10-27/h3-4,6-7,13H,5,8-12H2,1-2H3. The number of aromatic nitrogens is 5. The molecule has 1 fully saturated rings. The monoisotopic (exact) mass is 421 g/mol. The Morgan fingerprint density at radius 1 is 0.968 bits per heavy atom. The van der Waals surface area contributed by atoms with E-state index in [9.17, 15) is 0 Å². The number of ether oxygens (including phenoxy) is 3. The van der Waals surface area contributed by atoms with Gasteiger partial charge in [0, 0.05) is 49.5 Å². The summed E-state index contributed by atoms with van der Waals surface area (Å²) >= 11 is 0. The van der Waals surface area contributed by atoms with Gasteiger partial charge in [-0.2, -0.15) is 9.97 Å². The van der Waals surface area contributed by atoms with E-state index in [0.717, 1.165) is 48.8 Å². The predicted molar refractivity (Wildman–Crippen MR) is 114 cm³/mol. The van der Waals surface area contributed by atoms with Crippen LogP contribution in [0.2, 0.25) is 0 Å². The topological polar surface area (TPSA) is 98.6 Å². The molecule has 0 amide bonds. The second-order valence-electron chi connectivity index (χ2n) is 7.16. The lowest BCUT2D eigenvalue weighted by molar-refractivity contribution is 0.122. The van der Waals surface area contributed by atoms with Crippen molar-refractivity contribution in [2.24, 2.45) is 0 Å². The van der Waals surface area contributed by atoms with Gasteiger partial charge in [0.2, 0.25) is 11.8 Å². The summed E-state index contributed by atoms with van der Waals surface area (Å²) in [6, 6.07) is 4.23. The Morgan fingerprint density at radius 3 is 2.52 bits per heavy atom. The van der Waals surface area contributed by atoms with Crippen molar-refractivity contribution in [3.05, 3.63) is 36.3 Å². The quantitative estimate of drug-likeness (QED) is 0.607. The van der Waals surface area contributed by atoms with E-state index in [-0.39, 0.29) is 6.01 Å². The molecule has 0 spiro atoms. The molecule has 2 aliphatic rings. The average molecular weight is 421 g/mol. The lowest BCUT2D eigenvalue weighted by atomic mass is 10.1. The van der Waals surface area contributed by atoms with E-state index in [1.807, 2.05) is 12.1 Å². The summed E-state index contributed by atoms with van der Waals surface area (Å²) in [5.74, 6) is 1.97. The number of nitrogens with zero attached hydrogens (tertiary/aromatic N) is 7. The summed E-state index contributed by atoms with van der Waals surface area (Å²) in [5.41, 5.74) is 3.58. The molecule has 5 heterocycles. The lowest BCUT2D eigenvalue weighted by Gasteiger charge is -2.28. The van der Waals surface area contributed by atoms with Crippen molar-refractivity contribution in [2.75, 3.05) is 56.9 Å². The third-order valence-electron chi connectivity index (χ3n) is 5.45. The molecule has 160 valence electrons. The Balaban J connectivity index is 1.67. The number of morpholine rings is 1. The van der Waals surface area contributed by atoms with Crippen molar-refractivity contribution in [3.63, 3.8) is 0 Å². The maximum atomic E-state index is 5.55. The first-order chi connectivity index (χ1) is 15.3. The van der Waals surface area contributed by atoms with Crippen molar-refractivity contribution in [2.45, 2.75) is 6.42 Å². The van der Waals surface area contributed by atoms with Crippen LogP contribution in [0.5, 0.6) is 11.9 Å². The zero-order chi connectivity index (χ0) is 21.2. The van der Waals surface area contributed by atoms with Crippen LogP contribution in [0.25, 0.3) is 11.3 Å². The molecule has 0 aromatic carbocycles. The van der Waals surface area contributed by atoms with Crippen LogP contribution in [-0.2, 0) is 11.2 Å². The largest absolute Gasteiger partial charge is 0.480 e. The molecule has 2 aliphatic heterocycles. The molecule has 0 saturated carbocycles. The minimum Gasteiger partial charge on any atom is -0.480 e. The zero-order valence-electron chi connectivity index (χ0n) is 17.5. The van der Waals surface area contributed by atoms with Crippen molar-refractivity contribution in [1.82, 2.24) is 24.9 Å². The predicted octanol–water partition coefficient (Wildman–Crippen LogP) is 1.88. The highest BCUT2D eigenvalue weighted by Crippen LogP contribution is 2.41. The fourth-order valence-corrected chi connectivity index (χ4v) is 3.91. The minimum atomic E-state index is 0.248. The molecule has 0 aliphatic carbocycles.